The maximum Gasteiger partial charge on any atom is 0.294 e. The molecule has 0 saturated carbocycles. The van der Waals surface area contributed by atoms with E-state index in [4.69, 9.17) is 17.3 Å². The molecule has 2 nitrogen and oxygen atoms in total. The summed E-state index contributed by atoms with van der Waals surface area (Å²) in [7, 11) is 0. The Bertz CT molecular complexity index is 498. The Hall–Kier alpha value is -0.780. The summed E-state index contributed by atoms with van der Waals surface area (Å²) in [6.07, 6.45) is 0. The quantitative estimate of drug-likeness (QED) is 0.830. The first-order valence-corrected chi connectivity index (χ1v) is 5.37. The number of thiophene rings is 1. The molecule has 2 rings (SSSR count). The second kappa shape index (κ2) is 3.66. The minimum absolute atomic E-state index is 0.0743. The number of pyridine rings is 1. The second-order valence-electron chi connectivity index (χ2n) is 3.04. The van der Waals surface area contributed by atoms with Crippen molar-refractivity contribution in [1.82, 2.24) is 4.98 Å². The fourth-order valence-electron chi connectivity index (χ4n) is 1.18. The van der Waals surface area contributed by atoms with Crippen LogP contribution in [-0.4, -0.2) is 11.5 Å². The van der Waals surface area contributed by atoms with Crippen LogP contribution in [0.5, 0.6) is 0 Å². The summed E-state index contributed by atoms with van der Waals surface area (Å²) >= 11 is 6.64. The maximum atomic E-state index is 13.2. The van der Waals surface area contributed by atoms with Crippen molar-refractivity contribution in [2.75, 3.05) is 6.54 Å². The van der Waals surface area contributed by atoms with Gasteiger partial charge < -0.3 is 5.73 Å². The summed E-state index contributed by atoms with van der Waals surface area (Å²) in [5.41, 5.74) is 5.48. The third-order valence-corrected chi connectivity index (χ3v) is 3.37. The van der Waals surface area contributed by atoms with Crippen molar-refractivity contribution < 1.29 is 8.78 Å². The Labute approximate surface area is 93.7 Å². The minimum atomic E-state index is -2.99. The summed E-state index contributed by atoms with van der Waals surface area (Å²) in [5.74, 6) is -2.99. The Kier molecular flexibility index (Phi) is 2.62. The third kappa shape index (κ3) is 1.95. The predicted octanol–water partition coefficient (Wildman–Crippen LogP) is 3.00. The highest BCUT2D eigenvalue weighted by Crippen LogP contribution is 2.36. The summed E-state index contributed by atoms with van der Waals surface area (Å²) < 4.78 is 27.2. The number of hydrogen-bond acceptors (Lipinski definition) is 3. The van der Waals surface area contributed by atoms with E-state index < -0.39 is 12.5 Å². The number of nitrogens with two attached hydrogens (primary N) is 1. The van der Waals surface area contributed by atoms with E-state index in [9.17, 15) is 8.78 Å². The highest BCUT2D eigenvalue weighted by molar-refractivity contribution is 7.19. The van der Waals surface area contributed by atoms with Gasteiger partial charge in [-0.15, -0.1) is 11.3 Å². The van der Waals surface area contributed by atoms with Crippen LogP contribution in [0.25, 0.3) is 10.2 Å². The van der Waals surface area contributed by atoms with Gasteiger partial charge in [0.15, 0.2) is 0 Å². The van der Waals surface area contributed by atoms with Crippen LogP contribution in [0.2, 0.25) is 5.15 Å². The van der Waals surface area contributed by atoms with Gasteiger partial charge in [0.1, 0.15) is 5.15 Å². The number of rotatable bonds is 2. The van der Waals surface area contributed by atoms with Gasteiger partial charge in [0, 0.05) is 0 Å². The van der Waals surface area contributed by atoms with E-state index in [1.54, 1.807) is 12.1 Å². The molecule has 2 aromatic heterocycles. The molecule has 0 unspecified atom stereocenters. The molecule has 2 heterocycles. The Morgan fingerprint density at radius 2 is 2.20 bits per heavy atom. The lowest BCUT2D eigenvalue weighted by Crippen LogP contribution is -2.23. The van der Waals surface area contributed by atoms with Crippen LogP contribution >= 0.6 is 22.9 Å². The number of alkyl halides is 2. The molecule has 2 N–H and O–H groups in total. The van der Waals surface area contributed by atoms with E-state index in [2.05, 4.69) is 4.98 Å². The number of halogens is 3. The summed E-state index contributed by atoms with van der Waals surface area (Å²) in [6.45, 7) is -0.701. The topological polar surface area (TPSA) is 38.9 Å². The van der Waals surface area contributed by atoms with Crippen molar-refractivity contribution >= 4 is 33.2 Å². The number of fused-ring (bicyclic) bond motifs is 1. The van der Waals surface area contributed by atoms with Crippen LogP contribution in [0.4, 0.5) is 8.78 Å². The molecule has 0 aliphatic carbocycles. The average Bonchev–Trinajstić information content (AvgIpc) is 2.61. The van der Waals surface area contributed by atoms with E-state index in [0.29, 0.717) is 15.4 Å². The molecule has 0 aliphatic heterocycles. The van der Waals surface area contributed by atoms with E-state index >= 15 is 0 Å². The zero-order valence-electron chi connectivity index (χ0n) is 7.51. The van der Waals surface area contributed by atoms with Crippen molar-refractivity contribution in [3.05, 3.63) is 28.2 Å². The molecule has 0 saturated heterocycles. The lowest BCUT2D eigenvalue weighted by molar-refractivity contribution is 0.00996. The number of hydrogen-bond donors (Lipinski definition) is 1. The molecule has 0 aliphatic rings. The molecule has 0 radical (unpaired) electrons. The van der Waals surface area contributed by atoms with Crippen LogP contribution in [-0.2, 0) is 5.92 Å². The monoisotopic (exact) mass is 248 g/mol. The average molecular weight is 249 g/mol. The fraction of sp³-hybridized carbons (Fsp3) is 0.222. The molecule has 0 aromatic carbocycles. The highest BCUT2D eigenvalue weighted by atomic mass is 35.5. The molecular weight excluding hydrogens is 242 g/mol. The molecular formula is C9H7ClF2N2S. The zero-order chi connectivity index (χ0) is 11.1. The van der Waals surface area contributed by atoms with Gasteiger partial charge >= 0.3 is 0 Å². The third-order valence-electron chi connectivity index (χ3n) is 1.96. The molecule has 0 amide bonds. The maximum absolute atomic E-state index is 13.2. The van der Waals surface area contributed by atoms with Crippen molar-refractivity contribution in [1.29, 1.82) is 0 Å². The van der Waals surface area contributed by atoms with E-state index in [1.165, 1.54) is 6.07 Å². The standard InChI is InChI=1S/C9H7ClF2N2S/c10-8-2-1-6-5(14-8)3-7(15-6)9(11,12)4-13/h1-3H,4,13H2. The largest absolute Gasteiger partial charge is 0.325 e. The van der Waals surface area contributed by atoms with Crippen molar-refractivity contribution in [3.63, 3.8) is 0 Å². The second-order valence-corrected chi connectivity index (χ2v) is 4.51. The molecule has 6 heteroatoms. The van der Waals surface area contributed by atoms with E-state index in [1.807, 2.05) is 0 Å². The van der Waals surface area contributed by atoms with Crippen molar-refractivity contribution in [2.24, 2.45) is 5.73 Å². The van der Waals surface area contributed by atoms with Gasteiger partial charge in [-0.05, 0) is 18.2 Å². The van der Waals surface area contributed by atoms with Gasteiger partial charge in [-0.3, -0.25) is 0 Å². The van der Waals surface area contributed by atoms with Gasteiger partial charge in [-0.1, -0.05) is 11.6 Å². The van der Waals surface area contributed by atoms with E-state index in [0.717, 1.165) is 11.3 Å². The van der Waals surface area contributed by atoms with Crippen LogP contribution < -0.4 is 5.73 Å². The normalized spacial score (nSPS) is 12.3. The highest BCUT2D eigenvalue weighted by Gasteiger charge is 2.31. The molecule has 0 spiro atoms. The number of nitrogens with zero attached hydrogens (tertiary/aromatic N) is 1. The summed E-state index contributed by atoms with van der Waals surface area (Å²) in [5, 5.41) is 0.294. The predicted molar refractivity (Wildman–Crippen MR) is 57.6 cm³/mol. The molecule has 0 atom stereocenters. The first-order valence-electron chi connectivity index (χ1n) is 4.17. The first-order chi connectivity index (χ1) is 7.03. The lowest BCUT2D eigenvalue weighted by atomic mass is 10.2. The Balaban J connectivity index is 2.56. The van der Waals surface area contributed by atoms with Crippen molar-refractivity contribution in [2.45, 2.75) is 5.92 Å². The molecule has 80 valence electrons. The first kappa shape index (κ1) is 10.7. The fourth-order valence-corrected chi connectivity index (χ4v) is 2.32. The van der Waals surface area contributed by atoms with Gasteiger partial charge in [-0.25, -0.2) is 4.98 Å². The van der Waals surface area contributed by atoms with Crippen LogP contribution in [0.15, 0.2) is 18.2 Å². The lowest BCUT2D eigenvalue weighted by Gasteiger charge is -2.09. The van der Waals surface area contributed by atoms with Crippen molar-refractivity contribution in [3.8, 4) is 0 Å². The molecule has 15 heavy (non-hydrogen) atoms. The minimum Gasteiger partial charge on any atom is -0.325 e. The molecule has 0 bridgehead atoms. The van der Waals surface area contributed by atoms with Crippen LogP contribution in [0, 0.1) is 0 Å². The Morgan fingerprint density at radius 1 is 1.47 bits per heavy atom. The summed E-state index contributed by atoms with van der Waals surface area (Å²) in [6, 6.07) is 4.58. The van der Waals surface area contributed by atoms with Crippen LogP contribution in [0.3, 0.4) is 0 Å². The molecule has 2 aromatic rings. The van der Waals surface area contributed by atoms with Gasteiger partial charge in [0.2, 0.25) is 0 Å². The van der Waals surface area contributed by atoms with Gasteiger partial charge in [0.25, 0.3) is 5.92 Å². The Morgan fingerprint density at radius 3 is 2.87 bits per heavy atom. The summed E-state index contributed by atoms with van der Waals surface area (Å²) in [4.78, 5) is 3.87. The smallest absolute Gasteiger partial charge is 0.294 e. The molecule has 0 fully saturated rings. The SMILES string of the molecule is NCC(F)(F)c1cc2nc(Cl)ccc2s1. The number of aromatic nitrogens is 1. The van der Waals surface area contributed by atoms with Crippen LogP contribution in [0.1, 0.15) is 4.88 Å². The van der Waals surface area contributed by atoms with Gasteiger partial charge in [-0.2, -0.15) is 8.78 Å². The zero-order valence-corrected chi connectivity index (χ0v) is 9.08. The van der Waals surface area contributed by atoms with E-state index in [-0.39, 0.29) is 4.88 Å². The van der Waals surface area contributed by atoms with Gasteiger partial charge in [0.05, 0.1) is 21.6 Å².